The van der Waals surface area contributed by atoms with Gasteiger partial charge >= 0.3 is 0 Å². The van der Waals surface area contributed by atoms with Crippen molar-refractivity contribution in [2.24, 2.45) is 5.92 Å². The van der Waals surface area contributed by atoms with Gasteiger partial charge in [0.25, 0.3) is 0 Å². The van der Waals surface area contributed by atoms with Gasteiger partial charge in [-0.2, -0.15) is 9.61 Å². The lowest BCUT2D eigenvalue weighted by Gasteiger charge is -2.12. The van der Waals surface area contributed by atoms with Crippen LogP contribution >= 0.6 is 27.5 Å². The van der Waals surface area contributed by atoms with Gasteiger partial charge in [0.15, 0.2) is 5.65 Å². The molecular formula is C29H23BrClN5O. The van der Waals surface area contributed by atoms with Gasteiger partial charge in [-0.3, -0.25) is 4.79 Å². The monoisotopic (exact) mass is 571 g/mol. The number of aromatic nitrogens is 3. The number of amides is 1. The summed E-state index contributed by atoms with van der Waals surface area (Å²) in [6.07, 6.45) is 2.63. The van der Waals surface area contributed by atoms with E-state index in [-0.39, 0.29) is 11.8 Å². The fourth-order valence-electron chi connectivity index (χ4n) is 4.56. The van der Waals surface area contributed by atoms with Crippen LogP contribution in [0, 0.1) is 5.92 Å². The number of nitrogens with zero attached hydrogens (tertiary/aromatic N) is 3. The number of halogens is 2. The highest BCUT2D eigenvalue weighted by Crippen LogP contribution is 2.47. The lowest BCUT2D eigenvalue weighted by molar-refractivity contribution is -0.117. The molecule has 2 heterocycles. The molecule has 0 bridgehead atoms. The van der Waals surface area contributed by atoms with Crippen molar-refractivity contribution >= 4 is 50.6 Å². The van der Waals surface area contributed by atoms with Crippen molar-refractivity contribution in [2.75, 3.05) is 10.6 Å². The van der Waals surface area contributed by atoms with Gasteiger partial charge in [-0.1, -0.05) is 72.3 Å². The lowest BCUT2D eigenvalue weighted by Crippen LogP contribution is -2.14. The van der Waals surface area contributed by atoms with Crippen LogP contribution in [0.3, 0.4) is 0 Å². The van der Waals surface area contributed by atoms with Crippen LogP contribution in [-0.2, 0) is 11.3 Å². The minimum Gasteiger partial charge on any atom is -0.366 e. The summed E-state index contributed by atoms with van der Waals surface area (Å²) in [7, 11) is 0. The smallest absolute Gasteiger partial charge is 0.228 e. The molecule has 6 nitrogen and oxygen atoms in total. The summed E-state index contributed by atoms with van der Waals surface area (Å²) < 4.78 is 2.56. The number of fused-ring (bicyclic) bond motifs is 1. The SMILES string of the molecule is O=C(Nc1ccc(CNc2cc(-c3ccccc3Cl)nc3c(Br)cnn23)cc1)[C@@H]1C[C@H]1c1ccccc1. The fraction of sp³-hybridized carbons (Fsp3) is 0.138. The van der Waals surface area contributed by atoms with Gasteiger partial charge in [-0.25, -0.2) is 4.98 Å². The van der Waals surface area contributed by atoms with Crippen molar-refractivity contribution in [3.63, 3.8) is 0 Å². The van der Waals surface area contributed by atoms with Gasteiger partial charge in [-0.15, -0.1) is 0 Å². The van der Waals surface area contributed by atoms with E-state index in [1.807, 2.05) is 72.8 Å². The van der Waals surface area contributed by atoms with E-state index in [9.17, 15) is 4.79 Å². The zero-order valence-corrected chi connectivity index (χ0v) is 22.1. The van der Waals surface area contributed by atoms with Gasteiger partial charge in [0.2, 0.25) is 5.91 Å². The van der Waals surface area contributed by atoms with E-state index in [1.165, 1.54) is 5.56 Å². The Labute approximate surface area is 227 Å². The Kier molecular flexibility index (Phi) is 6.40. The van der Waals surface area contributed by atoms with Crippen LogP contribution in [-0.4, -0.2) is 20.5 Å². The Balaban J connectivity index is 1.14. The molecule has 3 aromatic carbocycles. The normalized spacial score (nSPS) is 16.5. The molecule has 37 heavy (non-hydrogen) atoms. The Bertz CT molecular complexity index is 1590. The molecule has 2 atom stereocenters. The minimum absolute atomic E-state index is 0.0403. The van der Waals surface area contributed by atoms with E-state index < -0.39 is 0 Å². The highest BCUT2D eigenvalue weighted by molar-refractivity contribution is 9.10. The standard InChI is InChI=1S/C29H23BrClN5O/c30-24-17-33-36-27(15-26(35-28(24)36)21-8-4-5-9-25(21)31)32-16-18-10-12-20(13-11-18)34-29(37)23-14-22(23)19-6-2-1-3-7-19/h1-13,15,17,22-23,32H,14,16H2,(H,34,37)/t22-,23+/m0/s1. The minimum atomic E-state index is 0.0403. The van der Waals surface area contributed by atoms with E-state index in [4.69, 9.17) is 16.6 Å². The number of nitrogens with one attached hydrogen (secondary N) is 2. The average molecular weight is 573 g/mol. The predicted molar refractivity (Wildman–Crippen MR) is 151 cm³/mol. The Hall–Kier alpha value is -3.68. The molecule has 0 aliphatic heterocycles. The molecule has 1 aliphatic carbocycles. The molecule has 1 saturated carbocycles. The third-order valence-electron chi connectivity index (χ3n) is 6.63. The van der Waals surface area contributed by atoms with Crippen molar-refractivity contribution in [3.05, 3.63) is 112 Å². The van der Waals surface area contributed by atoms with Crippen molar-refractivity contribution in [2.45, 2.75) is 18.9 Å². The van der Waals surface area contributed by atoms with Crippen molar-refractivity contribution in [3.8, 4) is 11.3 Å². The summed E-state index contributed by atoms with van der Waals surface area (Å²) in [4.78, 5) is 17.5. The van der Waals surface area contributed by atoms with Gasteiger partial charge in [0.1, 0.15) is 5.82 Å². The second-order valence-corrected chi connectivity index (χ2v) is 10.4. The van der Waals surface area contributed by atoms with E-state index in [1.54, 1.807) is 10.7 Å². The Morgan fingerprint density at radius 1 is 1.03 bits per heavy atom. The topological polar surface area (TPSA) is 71.3 Å². The zero-order valence-electron chi connectivity index (χ0n) is 19.7. The first-order chi connectivity index (χ1) is 18.1. The van der Waals surface area contributed by atoms with Crippen LogP contribution < -0.4 is 10.6 Å². The Morgan fingerprint density at radius 3 is 2.57 bits per heavy atom. The molecule has 2 N–H and O–H groups in total. The number of carbonyl (C=O) groups excluding carboxylic acids is 1. The molecule has 0 saturated heterocycles. The lowest BCUT2D eigenvalue weighted by atomic mass is 10.1. The van der Waals surface area contributed by atoms with E-state index in [0.717, 1.165) is 39.2 Å². The molecule has 0 spiro atoms. The summed E-state index contributed by atoms with van der Waals surface area (Å²) in [5.74, 6) is 1.23. The van der Waals surface area contributed by atoms with Crippen molar-refractivity contribution < 1.29 is 4.79 Å². The van der Waals surface area contributed by atoms with Gasteiger partial charge in [-0.05, 0) is 57.6 Å². The molecule has 8 heteroatoms. The molecule has 0 unspecified atom stereocenters. The average Bonchev–Trinajstić information content (AvgIpc) is 3.65. The van der Waals surface area contributed by atoms with Crippen LogP contribution in [0.15, 0.2) is 95.6 Å². The highest BCUT2D eigenvalue weighted by atomic mass is 79.9. The fourth-order valence-corrected chi connectivity index (χ4v) is 5.14. The zero-order chi connectivity index (χ0) is 25.4. The summed E-state index contributed by atoms with van der Waals surface area (Å²) in [5.41, 5.74) is 5.42. The summed E-state index contributed by atoms with van der Waals surface area (Å²) >= 11 is 9.98. The third kappa shape index (κ3) is 4.97. The second kappa shape index (κ2) is 10.00. The van der Waals surface area contributed by atoms with Crippen LogP contribution in [0.1, 0.15) is 23.5 Å². The third-order valence-corrected chi connectivity index (χ3v) is 7.52. The molecule has 6 rings (SSSR count). The summed E-state index contributed by atoms with van der Waals surface area (Å²) in [6.45, 7) is 0.575. The maximum absolute atomic E-state index is 12.7. The molecule has 1 aliphatic rings. The molecular weight excluding hydrogens is 550 g/mol. The molecule has 1 fully saturated rings. The Morgan fingerprint density at radius 2 is 1.78 bits per heavy atom. The van der Waals surface area contributed by atoms with E-state index in [2.05, 4.69) is 43.8 Å². The number of benzene rings is 3. The molecule has 0 radical (unpaired) electrons. The summed E-state index contributed by atoms with van der Waals surface area (Å²) in [6, 6.07) is 27.7. The second-order valence-electron chi connectivity index (χ2n) is 9.13. The summed E-state index contributed by atoms with van der Waals surface area (Å²) in [5, 5.41) is 11.6. The van der Waals surface area contributed by atoms with Gasteiger partial charge < -0.3 is 10.6 Å². The van der Waals surface area contributed by atoms with Crippen molar-refractivity contribution in [1.29, 1.82) is 0 Å². The quantitative estimate of drug-likeness (QED) is 0.217. The predicted octanol–water partition coefficient (Wildman–Crippen LogP) is 7.17. The maximum Gasteiger partial charge on any atom is 0.228 e. The van der Waals surface area contributed by atoms with Gasteiger partial charge in [0.05, 0.1) is 16.4 Å². The van der Waals surface area contributed by atoms with Crippen molar-refractivity contribution in [1.82, 2.24) is 14.6 Å². The van der Waals surface area contributed by atoms with Crippen LogP contribution in [0.25, 0.3) is 16.9 Å². The molecule has 5 aromatic rings. The maximum atomic E-state index is 12.7. The largest absolute Gasteiger partial charge is 0.366 e. The van der Waals surface area contributed by atoms with E-state index in [0.29, 0.717) is 23.1 Å². The van der Waals surface area contributed by atoms with Crippen LogP contribution in [0.2, 0.25) is 5.02 Å². The van der Waals surface area contributed by atoms with E-state index >= 15 is 0 Å². The first-order valence-electron chi connectivity index (χ1n) is 12.0. The van der Waals surface area contributed by atoms with Crippen LogP contribution in [0.5, 0.6) is 0 Å². The van der Waals surface area contributed by atoms with Crippen LogP contribution in [0.4, 0.5) is 11.5 Å². The number of hydrogen-bond donors (Lipinski definition) is 2. The molecule has 1 amide bonds. The van der Waals surface area contributed by atoms with Gasteiger partial charge in [0, 0.05) is 34.8 Å². The first kappa shape index (κ1) is 23.7. The number of carbonyl (C=O) groups is 1. The molecule has 2 aromatic heterocycles. The first-order valence-corrected chi connectivity index (χ1v) is 13.2. The number of anilines is 2. The highest BCUT2D eigenvalue weighted by Gasteiger charge is 2.43. The number of hydrogen-bond acceptors (Lipinski definition) is 4. The molecule has 184 valence electrons. The number of rotatable bonds is 7.